The van der Waals surface area contributed by atoms with Gasteiger partial charge in [-0.1, -0.05) is 12.1 Å². The quantitative estimate of drug-likeness (QED) is 0.621. The van der Waals surface area contributed by atoms with E-state index in [0.717, 1.165) is 15.7 Å². The van der Waals surface area contributed by atoms with Crippen LogP contribution in [0, 0.1) is 5.82 Å². The van der Waals surface area contributed by atoms with E-state index in [9.17, 15) is 4.39 Å². The van der Waals surface area contributed by atoms with Crippen molar-refractivity contribution in [2.24, 2.45) is 5.84 Å². The fourth-order valence-corrected chi connectivity index (χ4v) is 2.99. The van der Waals surface area contributed by atoms with Crippen LogP contribution in [0.4, 0.5) is 4.39 Å². The van der Waals surface area contributed by atoms with Gasteiger partial charge in [0.05, 0.1) is 26.9 Å². The molecule has 102 valence electrons. The molecule has 0 aliphatic carbocycles. The van der Waals surface area contributed by atoms with E-state index >= 15 is 0 Å². The third-order valence-electron chi connectivity index (χ3n) is 2.87. The van der Waals surface area contributed by atoms with Crippen LogP contribution in [0.25, 0.3) is 0 Å². The average Bonchev–Trinajstić information content (AvgIpc) is 2.77. The number of rotatable bonds is 4. The molecule has 0 amide bonds. The van der Waals surface area contributed by atoms with Crippen molar-refractivity contribution < 1.29 is 4.39 Å². The summed E-state index contributed by atoms with van der Waals surface area (Å²) in [5.41, 5.74) is 4.30. The molecule has 1 heterocycles. The minimum atomic E-state index is -0.359. The van der Waals surface area contributed by atoms with E-state index in [-0.39, 0.29) is 11.9 Å². The first-order valence-corrected chi connectivity index (χ1v) is 7.30. The van der Waals surface area contributed by atoms with Gasteiger partial charge in [0.1, 0.15) is 5.82 Å². The van der Waals surface area contributed by atoms with Gasteiger partial charge in [0.25, 0.3) is 0 Å². The minimum absolute atomic E-state index is 0.323. The Morgan fingerprint density at radius 1 is 1.47 bits per heavy atom. The van der Waals surface area contributed by atoms with Gasteiger partial charge in [-0.05, 0) is 50.4 Å². The van der Waals surface area contributed by atoms with Crippen LogP contribution in [-0.2, 0) is 6.54 Å². The number of nitrogens with zero attached hydrogens (tertiary/aromatic N) is 2. The van der Waals surface area contributed by atoms with Crippen LogP contribution in [0.15, 0.2) is 33.3 Å². The monoisotopic (exact) mass is 390 g/mol. The van der Waals surface area contributed by atoms with Crippen LogP contribution in [0.2, 0.25) is 0 Å². The van der Waals surface area contributed by atoms with Crippen LogP contribution in [0.1, 0.15) is 24.2 Å². The molecule has 0 aliphatic heterocycles. The number of aryl methyl sites for hydroxylation is 1. The molecule has 19 heavy (non-hydrogen) atoms. The number of nitrogens with two attached hydrogens (primary N) is 1. The summed E-state index contributed by atoms with van der Waals surface area (Å²) in [5.74, 6) is 5.33. The van der Waals surface area contributed by atoms with Crippen molar-refractivity contribution in [1.82, 2.24) is 15.2 Å². The molecule has 7 heteroatoms. The molecule has 4 nitrogen and oxygen atoms in total. The molecule has 0 radical (unpaired) electrons. The number of hydrogen-bond donors (Lipinski definition) is 2. The van der Waals surface area contributed by atoms with Gasteiger partial charge in [0.2, 0.25) is 0 Å². The van der Waals surface area contributed by atoms with Crippen LogP contribution < -0.4 is 11.3 Å². The van der Waals surface area contributed by atoms with Crippen molar-refractivity contribution in [1.29, 1.82) is 0 Å². The molecular formula is C12H13Br2FN4. The Hall–Kier alpha value is -0.760. The summed E-state index contributed by atoms with van der Waals surface area (Å²) >= 11 is 6.71. The zero-order valence-electron chi connectivity index (χ0n) is 10.2. The van der Waals surface area contributed by atoms with Crippen molar-refractivity contribution in [2.75, 3.05) is 0 Å². The molecule has 2 aromatic rings. The summed E-state index contributed by atoms with van der Waals surface area (Å²) in [6, 6.07) is 4.51. The Bertz CT molecular complexity index is 585. The second-order valence-corrected chi connectivity index (χ2v) is 5.58. The third-order valence-corrected chi connectivity index (χ3v) is 4.31. The number of hydrogen-bond acceptors (Lipinski definition) is 3. The van der Waals surface area contributed by atoms with E-state index in [2.05, 4.69) is 42.4 Å². The standard InChI is InChI=1S/C12H13Br2FN4/c1-2-19-12(8(13)6-17-19)11(18-16)7-4-3-5-9(15)10(7)14/h3-6,11,18H,2,16H2,1H3. The largest absolute Gasteiger partial charge is 0.271 e. The zero-order valence-corrected chi connectivity index (χ0v) is 13.4. The Morgan fingerprint density at radius 3 is 2.84 bits per heavy atom. The highest BCUT2D eigenvalue weighted by molar-refractivity contribution is 9.10. The lowest BCUT2D eigenvalue weighted by molar-refractivity contribution is 0.535. The summed E-state index contributed by atoms with van der Waals surface area (Å²) in [6.45, 7) is 2.68. The number of aromatic nitrogens is 2. The summed E-state index contributed by atoms with van der Waals surface area (Å²) in [7, 11) is 0. The predicted molar refractivity (Wildman–Crippen MR) is 78.9 cm³/mol. The molecule has 0 bridgehead atoms. The molecule has 1 atom stereocenters. The number of nitrogens with one attached hydrogen (secondary N) is 1. The van der Waals surface area contributed by atoms with E-state index < -0.39 is 0 Å². The van der Waals surface area contributed by atoms with Crippen molar-refractivity contribution in [3.05, 3.63) is 50.4 Å². The lowest BCUT2D eigenvalue weighted by Gasteiger charge is -2.20. The van der Waals surface area contributed by atoms with Crippen molar-refractivity contribution in [2.45, 2.75) is 19.5 Å². The van der Waals surface area contributed by atoms with Crippen LogP contribution in [-0.4, -0.2) is 9.78 Å². The Labute approximate surface area is 127 Å². The molecule has 0 fully saturated rings. The summed E-state index contributed by atoms with van der Waals surface area (Å²) in [6.07, 6.45) is 1.70. The fraction of sp³-hybridized carbons (Fsp3) is 0.250. The first-order chi connectivity index (χ1) is 9.10. The second-order valence-electron chi connectivity index (χ2n) is 3.94. The predicted octanol–water partition coefficient (Wildman–Crippen LogP) is 3.12. The molecule has 1 unspecified atom stereocenters. The maximum atomic E-state index is 13.7. The van der Waals surface area contributed by atoms with Crippen molar-refractivity contribution >= 4 is 31.9 Å². The molecule has 1 aromatic heterocycles. The van der Waals surface area contributed by atoms with Gasteiger partial charge >= 0.3 is 0 Å². The highest BCUT2D eigenvalue weighted by atomic mass is 79.9. The lowest BCUT2D eigenvalue weighted by atomic mass is 10.0. The summed E-state index contributed by atoms with van der Waals surface area (Å²) < 4.78 is 16.7. The van der Waals surface area contributed by atoms with Crippen molar-refractivity contribution in [3.63, 3.8) is 0 Å². The van der Waals surface area contributed by atoms with Gasteiger partial charge in [-0.3, -0.25) is 10.5 Å². The Kier molecular flexibility index (Phi) is 4.72. The zero-order chi connectivity index (χ0) is 14.0. The highest BCUT2D eigenvalue weighted by Crippen LogP contribution is 2.33. The first-order valence-electron chi connectivity index (χ1n) is 5.71. The molecule has 3 N–H and O–H groups in total. The fourth-order valence-electron chi connectivity index (χ4n) is 1.97. The average molecular weight is 392 g/mol. The second kappa shape index (κ2) is 6.13. The maximum Gasteiger partial charge on any atom is 0.137 e. The van der Waals surface area contributed by atoms with Gasteiger partial charge in [-0.25, -0.2) is 9.82 Å². The molecular weight excluding hydrogens is 379 g/mol. The topological polar surface area (TPSA) is 55.9 Å². The van der Waals surface area contributed by atoms with E-state index in [0.29, 0.717) is 11.0 Å². The first kappa shape index (κ1) is 14.6. The van der Waals surface area contributed by atoms with Gasteiger partial charge in [-0.15, -0.1) is 0 Å². The van der Waals surface area contributed by atoms with E-state index in [1.54, 1.807) is 12.3 Å². The van der Waals surface area contributed by atoms with Gasteiger partial charge in [0, 0.05) is 6.54 Å². The van der Waals surface area contributed by atoms with Gasteiger partial charge in [-0.2, -0.15) is 5.10 Å². The smallest absolute Gasteiger partial charge is 0.137 e. The normalized spacial score (nSPS) is 12.7. The number of benzene rings is 1. The molecule has 0 aliphatic rings. The van der Waals surface area contributed by atoms with Gasteiger partial charge in [0.15, 0.2) is 0 Å². The lowest BCUT2D eigenvalue weighted by Crippen LogP contribution is -2.31. The maximum absolute atomic E-state index is 13.7. The Balaban J connectivity index is 2.56. The van der Waals surface area contributed by atoms with Crippen molar-refractivity contribution in [3.8, 4) is 0 Å². The number of halogens is 3. The van der Waals surface area contributed by atoms with Gasteiger partial charge < -0.3 is 0 Å². The SMILES string of the molecule is CCn1ncc(Br)c1C(NN)c1cccc(F)c1Br. The molecule has 0 saturated heterocycles. The number of hydrazine groups is 1. The van der Waals surface area contributed by atoms with Crippen LogP contribution in [0.3, 0.4) is 0 Å². The van der Waals surface area contributed by atoms with Crippen LogP contribution in [0.5, 0.6) is 0 Å². The highest BCUT2D eigenvalue weighted by Gasteiger charge is 2.23. The minimum Gasteiger partial charge on any atom is -0.271 e. The molecule has 0 spiro atoms. The third kappa shape index (κ3) is 2.74. The molecule has 0 saturated carbocycles. The van der Waals surface area contributed by atoms with E-state index in [1.165, 1.54) is 6.07 Å². The summed E-state index contributed by atoms with van der Waals surface area (Å²) in [5, 5.41) is 4.25. The van der Waals surface area contributed by atoms with E-state index in [1.807, 2.05) is 17.7 Å². The van der Waals surface area contributed by atoms with E-state index in [4.69, 9.17) is 5.84 Å². The summed E-state index contributed by atoms with van der Waals surface area (Å²) in [4.78, 5) is 0. The Morgan fingerprint density at radius 2 is 2.21 bits per heavy atom. The molecule has 2 rings (SSSR count). The van der Waals surface area contributed by atoms with Crippen LogP contribution >= 0.6 is 31.9 Å². The molecule has 1 aromatic carbocycles.